The van der Waals surface area contributed by atoms with E-state index in [4.69, 9.17) is 4.74 Å². The molecular formula is C19H23FN2O2. The second kappa shape index (κ2) is 8.34. The van der Waals surface area contributed by atoms with Crippen LogP contribution in [0.5, 0.6) is 5.75 Å². The number of ether oxygens (including phenoxy) is 1. The fraction of sp³-hybridized carbons (Fsp3) is 0.316. The standard InChI is InChI=1S/C19H23FN2O2/c1-14(2)24-18-9-7-15(8-10-18)12-21-19(23)22(3)13-16-5-4-6-17(20)11-16/h4-11,14H,12-13H2,1-3H3,(H,21,23). The Morgan fingerprint density at radius 3 is 2.50 bits per heavy atom. The van der Waals surface area contributed by atoms with Crippen LogP contribution in [0.1, 0.15) is 25.0 Å². The van der Waals surface area contributed by atoms with E-state index in [-0.39, 0.29) is 18.0 Å². The van der Waals surface area contributed by atoms with Crippen molar-refractivity contribution in [3.8, 4) is 5.75 Å². The molecule has 1 N–H and O–H groups in total. The molecule has 2 aromatic rings. The summed E-state index contributed by atoms with van der Waals surface area (Å²) in [6, 6.07) is 13.7. The van der Waals surface area contributed by atoms with Gasteiger partial charge in [0.05, 0.1) is 6.10 Å². The van der Waals surface area contributed by atoms with Gasteiger partial charge in [0.15, 0.2) is 0 Å². The normalized spacial score (nSPS) is 10.5. The van der Waals surface area contributed by atoms with E-state index in [1.54, 1.807) is 19.2 Å². The largest absolute Gasteiger partial charge is 0.491 e. The highest BCUT2D eigenvalue weighted by Gasteiger charge is 2.09. The first-order valence-corrected chi connectivity index (χ1v) is 7.93. The van der Waals surface area contributed by atoms with Crippen molar-refractivity contribution in [1.82, 2.24) is 10.2 Å². The van der Waals surface area contributed by atoms with E-state index in [0.29, 0.717) is 13.1 Å². The van der Waals surface area contributed by atoms with Gasteiger partial charge >= 0.3 is 6.03 Å². The summed E-state index contributed by atoms with van der Waals surface area (Å²) in [5.74, 6) is 0.508. The minimum atomic E-state index is -0.301. The number of halogens is 1. The number of carbonyl (C=O) groups is 1. The Bertz CT molecular complexity index is 671. The fourth-order valence-corrected chi connectivity index (χ4v) is 2.25. The lowest BCUT2D eigenvalue weighted by Crippen LogP contribution is -2.36. The van der Waals surface area contributed by atoms with E-state index in [0.717, 1.165) is 16.9 Å². The Morgan fingerprint density at radius 1 is 1.17 bits per heavy atom. The maximum atomic E-state index is 13.2. The van der Waals surface area contributed by atoms with Gasteiger partial charge in [-0.3, -0.25) is 0 Å². The van der Waals surface area contributed by atoms with Gasteiger partial charge in [-0.1, -0.05) is 24.3 Å². The molecule has 0 fully saturated rings. The Hall–Kier alpha value is -2.56. The zero-order valence-corrected chi connectivity index (χ0v) is 14.3. The number of urea groups is 1. The smallest absolute Gasteiger partial charge is 0.317 e. The van der Waals surface area contributed by atoms with Crippen LogP contribution in [0.4, 0.5) is 9.18 Å². The number of benzene rings is 2. The van der Waals surface area contributed by atoms with E-state index in [2.05, 4.69) is 5.32 Å². The number of hydrogen-bond acceptors (Lipinski definition) is 2. The molecule has 5 heteroatoms. The van der Waals surface area contributed by atoms with Gasteiger partial charge in [-0.15, -0.1) is 0 Å². The van der Waals surface area contributed by atoms with E-state index < -0.39 is 0 Å². The molecule has 0 saturated heterocycles. The van der Waals surface area contributed by atoms with Crippen LogP contribution in [0.25, 0.3) is 0 Å². The van der Waals surface area contributed by atoms with Crippen molar-refractivity contribution in [3.05, 3.63) is 65.5 Å². The first kappa shape index (κ1) is 17.8. The maximum Gasteiger partial charge on any atom is 0.317 e. The van der Waals surface area contributed by atoms with Crippen molar-refractivity contribution in [2.75, 3.05) is 7.05 Å². The van der Waals surface area contributed by atoms with Crippen LogP contribution < -0.4 is 10.1 Å². The quantitative estimate of drug-likeness (QED) is 0.871. The van der Waals surface area contributed by atoms with E-state index in [1.807, 2.05) is 38.1 Å². The lowest BCUT2D eigenvalue weighted by molar-refractivity contribution is 0.206. The van der Waals surface area contributed by atoms with Gasteiger partial charge in [-0.2, -0.15) is 0 Å². The molecule has 2 rings (SSSR count). The number of nitrogens with one attached hydrogen (secondary N) is 1. The van der Waals surface area contributed by atoms with Crippen molar-refractivity contribution in [2.45, 2.75) is 33.0 Å². The van der Waals surface area contributed by atoms with Gasteiger partial charge in [0.25, 0.3) is 0 Å². The first-order chi connectivity index (χ1) is 11.4. The SMILES string of the molecule is CC(C)Oc1ccc(CNC(=O)N(C)Cc2cccc(F)c2)cc1. The predicted octanol–water partition coefficient (Wildman–Crippen LogP) is 3.95. The van der Waals surface area contributed by atoms with Crippen LogP contribution in [0.2, 0.25) is 0 Å². The molecule has 2 amide bonds. The Labute approximate surface area is 142 Å². The van der Waals surface area contributed by atoms with Crippen LogP contribution in [0.15, 0.2) is 48.5 Å². The average Bonchev–Trinajstić information content (AvgIpc) is 2.53. The molecule has 0 heterocycles. The Balaban J connectivity index is 1.83. The second-order valence-corrected chi connectivity index (χ2v) is 5.96. The van der Waals surface area contributed by atoms with Crippen LogP contribution in [-0.4, -0.2) is 24.1 Å². The monoisotopic (exact) mass is 330 g/mol. The van der Waals surface area contributed by atoms with E-state index in [9.17, 15) is 9.18 Å². The summed E-state index contributed by atoms with van der Waals surface area (Å²) in [5.41, 5.74) is 1.74. The third-order valence-corrected chi connectivity index (χ3v) is 3.39. The molecule has 0 aliphatic carbocycles. The minimum absolute atomic E-state index is 0.132. The molecule has 0 bridgehead atoms. The molecule has 128 valence electrons. The van der Waals surface area contributed by atoms with Crippen LogP contribution in [0, 0.1) is 5.82 Å². The van der Waals surface area contributed by atoms with Crippen LogP contribution >= 0.6 is 0 Å². The zero-order valence-electron chi connectivity index (χ0n) is 14.3. The third kappa shape index (κ3) is 5.57. The minimum Gasteiger partial charge on any atom is -0.491 e. The number of rotatable bonds is 6. The third-order valence-electron chi connectivity index (χ3n) is 3.39. The summed E-state index contributed by atoms with van der Waals surface area (Å²) < 4.78 is 18.8. The number of carbonyl (C=O) groups excluding carboxylic acids is 1. The average molecular weight is 330 g/mol. The van der Waals surface area contributed by atoms with Gasteiger partial charge in [0, 0.05) is 20.1 Å². The molecule has 0 aliphatic rings. The van der Waals surface area contributed by atoms with Gasteiger partial charge in [-0.25, -0.2) is 9.18 Å². The highest BCUT2D eigenvalue weighted by Crippen LogP contribution is 2.14. The summed E-state index contributed by atoms with van der Waals surface area (Å²) in [6.07, 6.45) is 0.132. The molecule has 0 aromatic heterocycles. The lowest BCUT2D eigenvalue weighted by Gasteiger charge is -2.18. The van der Waals surface area contributed by atoms with Crippen molar-refractivity contribution in [3.63, 3.8) is 0 Å². The highest BCUT2D eigenvalue weighted by molar-refractivity contribution is 5.73. The molecule has 2 aromatic carbocycles. The van der Waals surface area contributed by atoms with Crippen LogP contribution in [0.3, 0.4) is 0 Å². The van der Waals surface area contributed by atoms with Crippen LogP contribution in [-0.2, 0) is 13.1 Å². The molecule has 0 radical (unpaired) electrons. The van der Waals surface area contributed by atoms with Gasteiger partial charge in [0.1, 0.15) is 11.6 Å². The van der Waals surface area contributed by atoms with E-state index in [1.165, 1.54) is 17.0 Å². The zero-order chi connectivity index (χ0) is 17.5. The number of hydrogen-bond donors (Lipinski definition) is 1. The topological polar surface area (TPSA) is 41.6 Å². The molecule has 0 saturated carbocycles. The van der Waals surface area contributed by atoms with Gasteiger partial charge in [0.2, 0.25) is 0 Å². The Kier molecular flexibility index (Phi) is 6.18. The van der Waals surface area contributed by atoms with Crippen molar-refractivity contribution >= 4 is 6.03 Å². The highest BCUT2D eigenvalue weighted by atomic mass is 19.1. The molecular weight excluding hydrogens is 307 g/mol. The number of amides is 2. The fourth-order valence-electron chi connectivity index (χ4n) is 2.25. The molecule has 0 atom stereocenters. The number of nitrogens with zero attached hydrogens (tertiary/aromatic N) is 1. The van der Waals surface area contributed by atoms with Gasteiger partial charge in [-0.05, 0) is 49.2 Å². The molecule has 0 aliphatic heterocycles. The summed E-state index contributed by atoms with van der Waals surface area (Å²) in [6.45, 7) is 4.73. The molecule has 0 spiro atoms. The summed E-state index contributed by atoms with van der Waals surface area (Å²) in [4.78, 5) is 13.6. The van der Waals surface area contributed by atoms with Crippen molar-refractivity contribution in [2.24, 2.45) is 0 Å². The molecule has 24 heavy (non-hydrogen) atoms. The van der Waals surface area contributed by atoms with Crippen molar-refractivity contribution in [1.29, 1.82) is 0 Å². The maximum absolute atomic E-state index is 13.2. The van der Waals surface area contributed by atoms with E-state index >= 15 is 0 Å². The molecule has 0 unspecified atom stereocenters. The predicted molar refractivity (Wildman–Crippen MR) is 92.3 cm³/mol. The summed E-state index contributed by atoms with van der Waals surface area (Å²) >= 11 is 0. The lowest BCUT2D eigenvalue weighted by atomic mass is 10.2. The van der Waals surface area contributed by atoms with Gasteiger partial charge < -0.3 is 15.0 Å². The van der Waals surface area contributed by atoms with Crippen molar-refractivity contribution < 1.29 is 13.9 Å². The summed E-state index contributed by atoms with van der Waals surface area (Å²) in [5, 5.41) is 2.85. The molecule has 4 nitrogen and oxygen atoms in total. The summed E-state index contributed by atoms with van der Waals surface area (Å²) in [7, 11) is 1.68. The second-order valence-electron chi connectivity index (χ2n) is 5.96. The first-order valence-electron chi connectivity index (χ1n) is 7.93. The Morgan fingerprint density at radius 2 is 1.88 bits per heavy atom.